The molecule has 0 saturated carbocycles. The van der Waals surface area contributed by atoms with Crippen molar-refractivity contribution in [1.29, 1.82) is 0 Å². The van der Waals surface area contributed by atoms with Crippen molar-refractivity contribution in [2.24, 2.45) is 16.1 Å². The number of aliphatic imine (C=N–C) groups is 1. The van der Waals surface area contributed by atoms with Crippen LogP contribution in [0, 0.1) is 5.41 Å². The number of piperidine rings is 1. The third kappa shape index (κ3) is 8.99. The maximum Gasteiger partial charge on any atom is 0.320 e. The van der Waals surface area contributed by atoms with E-state index in [0.29, 0.717) is 28.7 Å². The number of allylic oxidation sites excluding steroid dienone is 1. The van der Waals surface area contributed by atoms with Gasteiger partial charge in [0.1, 0.15) is 17.7 Å². The van der Waals surface area contributed by atoms with Gasteiger partial charge in [-0.1, -0.05) is 56.6 Å². The summed E-state index contributed by atoms with van der Waals surface area (Å²) in [6.45, 7) is 12.8. The number of carbonyl (C=O) groups excluding carboxylic acids is 1. The van der Waals surface area contributed by atoms with Gasteiger partial charge in [0.05, 0.1) is 17.9 Å². The van der Waals surface area contributed by atoms with Crippen molar-refractivity contribution in [3.63, 3.8) is 0 Å². The Morgan fingerprint density at radius 3 is 2.50 bits per heavy atom. The summed E-state index contributed by atoms with van der Waals surface area (Å²) in [7, 11) is 2.15. The predicted octanol–water partition coefficient (Wildman–Crippen LogP) is 6.99. The number of halogens is 1. The first-order valence-electron chi connectivity index (χ1n) is 19.2. The molecule has 2 amide bonds. The molecular formula is C41H53ClN10O2. The SMILES string of the molecule is CN1CCN(Cc2cc(N=C(C=C(N)C(C)(C)C)NC(=O)N[C@H]3CC[C@@H](Oc4ccc5nnc(N6CCCCC6)n5c4)c4ccccc43)ccc2Cl)CC1. The quantitative estimate of drug-likeness (QED) is 0.130. The zero-order chi connectivity index (χ0) is 37.8. The van der Waals surface area contributed by atoms with Crippen molar-refractivity contribution < 1.29 is 9.53 Å². The molecule has 4 heterocycles. The number of likely N-dealkylation sites (N-methyl/N-ethyl adjacent to an activating group) is 1. The van der Waals surface area contributed by atoms with Crippen LogP contribution < -0.4 is 26.0 Å². The number of ether oxygens (including phenoxy) is 1. The summed E-state index contributed by atoms with van der Waals surface area (Å²) in [5.41, 5.74) is 11.4. The van der Waals surface area contributed by atoms with Gasteiger partial charge in [-0.05, 0) is 86.2 Å². The minimum absolute atomic E-state index is 0.175. The third-order valence-corrected chi connectivity index (χ3v) is 11.1. The molecule has 0 unspecified atom stereocenters. The summed E-state index contributed by atoms with van der Waals surface area (Å²) in [5.74, 6) is 1.97. The summed E-state index contributed by atoms with van der Waals surface area (Å²) >= 11 is 6.65. The molecule has 1 aliphatic carbocycles. The van der Waals surface area contributed by atoms with Crippen LogP contribution in [0.25, 0.3) is 5.65 Å². The standard InChI is InChI=1S/C41H53ClN10O2/c1-41(2,3)36(43)25-37(44-29-12-14-33(42)28(24-29)26-50-22-20-49(4)21-23-50)46-39(53)45-34-15-16-35(32-11-7-6-10-31(32)34)54-30-13-17-38-47-48-40(52(38)27-30)51-18-8-5-9-19-51/h6-7,10-14,17,24-25,27,34-35H,5,8-9,15-16,18-23,26,43H2,1-4H3,(H2,44,45,46,53)/t34-,35+/m0/s1. The van der Waals surface area contributed by atoms with Gasteiger partial charge < -0.3 is 25.6 Å². The maximum atomic E-state index is 13.7. The maximum absolute atomic E-state index is 13.7. The Kier molecular flexibility index (Phi) is 11.4. The number of anilines is 1. The van der Waals surface area contributed by atoms with E-state index in [9.17, 15) is 4.79 Å². The second-order valence-electron chi connectivity index (χ2n) is 15.8. The lowest BCUT2D eigenvalue weighted by Crippen LogP contribution is -2.43. The summed E-state index contributed by atoms with van der Waals surface area (Å²) in [5, 5.41) is 15.8. The van der Waals surface area contributed by atoms with E-state index in [2.05, 4.69) is 54.7 Å². The number of aromatic nitrogens is 3. The monoisotopic (exact) mass is 752 g/mol. The largest absolute Gasteiger partial charge is 0.484 e. The summed E-state index contributed by atoms with van der Waals surface area (Å²) in [6.07, 6.45) is 8.55. The molecule has 54 heavy (non-hydrogen) atoms. The summed E-state index contributed by atoms with van der Waals surface area (Å²) in [4.78, 5) is 25.7. The van der Waals surface area contributed by atoms with Crippen LogP contribution in [-0.4, -0.2) is 82.6 Å². The Morgan fingerprint density at radius 1 is 0.981 bits per heavy atom. The summed E-state index contributed by atoms with van der Waals surface area (Å²) < 4.78 is 8.68. The number of nitrogens with one attached hydrogen (secondary N) is 2. The number of nitrogens with two attached hydrogens (primary N) is 1. The van der Waals surface area contributed by atoms with Crippen molar-refractivity contribution in [2.45, 2.75) is 71.6 Å². The van der Waals surface area contributed by atoms with E-state index in [1.165, 1.54) is 6.42 Å². The third-order valence-electron chi connectivity index (χ3n) is 10.7. The van der Waals surface area contributed by atoms with E-state index < -0.39 is 0 Å². The molecular weight excluding hydrogens is 700 g/mol. The van der Waals surface area contributed by atoms with Crippen molar-refractivity contribution in [3.05, 3.63) is 94.3 Å². The topological polar surface area (TPSA) is 129 Å². The number of piperazine rings is 1. The zero-order valence-corrected chi connectivity index (χ0v) is 32.6. The van der Waals surface area contributed by atoms with E-state index in [-0.39, 0.29) is 23.6 Å². The van der Waals surface area contributed by atoms with Gasteiger partial charge in [-0.25, -0.2) is 9.79 Å². The van der Waals surface area contributed by atoms with Gasteiger partial charge in [-0.3, -0.25) is 14.6 Å². The number of carbonyl (C=O) groups is 1. The van der Waals surface area contributed by atoms with Gasteiger partial charge in [0.25, 0.3) is 0 Å². The van der Waals surface area contributed by atoms with Crippen LogP contribution in [0.1, 0.15) is 81.7 Å². The van der Waals surface area contributed by atoms with Crippen molar-refractivity contribution >= 4 is 40.8 Å². The van der Waals surface area contributed by atoms with Crippen molar-refractivity contribution in [1.82, 2.24) is 35.0 Å². The van der Waals surface area contributed by atoms with Gasteiger partial charge >= 0.3 is 6.03 Å². The van der Waals surface area contributed by atoms with Gasteiger partial charge in [0, 0.05) is 68.0 Å². The molecule has 0 bridgehead atoms. The molecule has 2 aliphatic heterocycles. The fraction of sp³-hybridized carbons (Fsp3) is 0.463. The van der Waals surface area contributed by atoms with Gasteiger partial charge in [0.2, 0.25) is 5.95 Å². The molecule has 2 aromatic carbocycles. The molecule has 7 rings (SSSR count). The van der Waals surface area contributed by atoms with Gasteiger partial charge in [0.15, 0.2) is 5.65 Å². The van der Waals surface area contributed by atoms with Crippen LogP contribution in [0.3, 0.4) is 0 Å². The molecule has 12 nitrogen and oxygen atoms in total. The second-order valence-corrected chi connectivity index (χ2v) is 16.2. The molecule has 2 aromatic heterocycles. The highest BCUT2D eigenvalue weighted by atomic mass is 35.5. The molecule has 3 aliphatic rings. The molecule has 0 spiro atoms. The highest BCUT2D eigenvalue weighted by Gasteiger charge is 2.30. The molecule has 2 fully saturated rings. The fourth-order valence-corrected chi connectivity index (χ4v) is 7.51. The Bertz CT molecular complexity index is 2010. The van der Waals surface area contributed by atoms with E-state index in [4.69, 9.17) is 27.1 Å². The van der Waals surface area contributed by atoms with Gasteiger partial charge in [-0.15, -0.1) is 10.2 Å². The number of nitrogens with zero attached hydrogens (tertiary/aromatic N) is 7. The van der Waals surface area contributed by atoms with Crippen LogP contribution >= 0.6 is 11.6 Å². The average Bonchev–Trinajstić information content (AvgIpc) is 3.58. The Morgan fingerprint density at radius 2 is 1.74 bits per heavy atom. The Labute approximate surface area is 323 Å². The first-order valence-corrected chi connectivity index (χ1v) is 19.6. The number of hydrogen-bond donors (Lipinski definition) is 3. The number of hydrogen-bond acceptors (Lipinski definition) is 9. The van der Waals surface area contributed by atoms with Crippen LogP contribution in [0.5, 0.6) is 5.75 Å². The zero-order valence-electron chi connectivity index (χ0n) is 31.9. The average molecular weight is 753 g/mol. The van der Waals surface area contributed by atoms with E-state index in [1.54, 1.807) is 6.08 Å². The lowest BCUT2D eigenvalue weighted by atomic mass is 9.85. The number of pyridine rings is 1. The smallest absolute Gasteiger partial charge is 0.320 e. The fourth-order valence-electron chi connectivity index (χ4n) is 7.33. The molecule has 0 radical (unpaired) electrons. The Hall–Kier alpha value is -4.65. The molecule has 2 atom stereocenters. The number of benzene rings is 2. The van der Waals surface area contributed by atoms with Crippen LogP contribution in [0.2, 0.25) is 5.02 Å². The molecule has 4 N–H and O–H groups in total. The molecule has 13 heteroatoms. The number of amides is 2. The first-order chi connectivity index (χ1) is 26.0. The Balaban J connectivity index is 1.07. The van der Waals surface area contributed by atoms with E-state index in [1.807, 2.05) is 73.8 Å². The lowest BCUT2D eigenvalue weighted by Gasteiger charge is -2.32. The second kappa shape index (κ2) is 16.4. The number of fused-ring (bicyclic) bond motifs is 2. The highest BCUT2D eigenvalue weighted by molar-refractivity contribution is 6.31. The van der Waals surface area contributed by atoms with Crippen molar-refractivity contribution in [3.8, 4) is 5.75 Å². The van der Waals surface area contributed by atoms with E-state index >= 15 is 0 Å². The number of amidine groups is 1. The highest BCUT2D eigenvalue weighted by Crippen LogP contribution is 2.39. The number of urea groups is 1. The molecule has 2 saturated heterocycles. The first kappa shape index (κ1) is 37.7. The van der Waals surface area contributed by atoms with Crippen LogP contribution in [-0.2, 0) is 6.54 Å². The molecule has 286 valence electrons. The van der Waals surface area contributed by atoms with Gasteiger partial charge in [-0.2, -0.15) is 0 Å². The normalized spacial score (nSPS) is 20.5. The summed E-state index contributed by atoms with van der Waals surface area (Å²) in [6, 6.07) is 17.2. The molecule has 4 aromatic rings. The van der Waals surface area contributed by atoms with Crippen molar-refractivity contribution in [2.75, 3.05) is 51.2 Å². The van der Waals surface area contributed by atoms with E-state index in [0.717, 1.165) is 99.1 Å². The van der Waals surface area contributed by atoms with Crippen LogP contribution in [0.15, 0.2) is 77.6 Å². The minimum atomic E-state index is -0.360. The van der Waals surface area contributed by atoms with Crippen LogP contribution in [0.4, 0.5) is 16.4 Å². The number of rotatable bonds is 8. The predicted molar refractivity (Wildman–Crippen MR) is 216 cm³/mol. The minimum Gasteiger partial charge on any atom is -0.484 e. The lowest BCUT2D eigenvalue weighted by molar-refractivity contribution is 0.148.